The van der Waals surface area contributed by atoms with E-state index in [1.807, 2.05) is 6.08 Å². The molecular formula is C20H38Na2O4. The Morgan fingerprint density at radius 2 is 1.27 bits per heavy atom. The maximum absolute atomic E-state index is 11.1. The Morgan fingerprint density at radius 1 is 0.808 bits per heavy atom. The van der Waals surface area contributed by atoms with E-state index in [2.05, 4.69) is 6.92 Å². The van der Waals surface area contributed by atoms with E-state index >= 15 is 0 Å². The summed E-state index contributed by atoms with van der Waals surface area (Å²) in [6.07, 6.45) is 19.8. The van der Waals surface area contributed by atoms with Crippen LogP contribution in [0.3, 0.4) is 0 Å². The molecule has 0 unspecified atom stereocenters. The molecule has 0 amide bonds. The van der Waals surface area contributed by atoms with Gasteiger partial charge in [0.1, 0.15) is 0 Å². The van der Waals surface area contributed by atoms with Crippen molar-refractivity contribution in [1.29, 1.82) is 0 Å². The zero-order valence-electron chi connectivity index (χ0n) is 19.4. The fraction of sp³-hybridized carbons (Fsp3) is 0.800. The molecule has 0 radical (unpaired) electrons. The molecule has 0 aliphatic heterocycles. The van der Waals surface area contributed by atoms with Crippen molar-refractivity contribution in [3.05, 3.63) is 12.3 Å². The third-order valence-electron chi connectivity index (χ3n) is 4.06. The molecule has 6 heteroatoms. The number of aliphatic carboxylic acids is 1. The quantitative estimate of drug-likeness (QED) is 0.168. The van der Waals surface area contributed by atoms with Crippen LogP contribution in [0.5, 0.6) is 0 Å². The van der Waals surface area contributed by atoms with Crippen molar-refractivity contribution >= 4 is 11.9 Å². The van der Waals surface area contributed by atoms with E-state index < -0.39 is 11.9 Å². The van der Waals surface area contributed by atoms with Gasteiger partial charge in [0.25, 0.3) is 0 Å². The van der Waals surface area contributed by atoms with Crippen LogP contribution in [0.1, 0.15) is 106 Å². The SMILES string of the molecule is CCCCCCCCCCCCCC/C=C/OC(=O)CCC(=O)O.[H-].[H-].[Na+].[Na+]. The monoisotopic (exact) mass is 388 g/mol. The van der Waals surface area contributed by atoms with E-state index in [4.69, 9.17) is 9.84 Å². The fourth-order valence-corrected chi connectivity index (χ4v) is 2.56. The van der Waals surface area contributed by atoms with Crippen molar-refractivity contribution in [3.8, 4) is 0 Å². The molecule has 0 saturated carbocycles. The van der Waals surface area contributed by atoms with Crippen molar-refractivity contribution in [2.75, 3.05) is 0 Å². The molecule has 144 valence electrons. The second kappa shape index (κ2) is 25.7. The minimum absolute atomic E-state index is 0. The number of unbranched alkanes of at least 4 members (excludes halogenated alkanes) is 12. The smallest absolute Gasteiger partial charge is 1.00 e. The predicted molar refractivity (Wildman–Crippen MR) is 100 cm³/mol. The van der Waals surface area contributed by atoms with Gasteiger partial charge in [-0.15, -0.1) is 0 Å². The van der Waals surface area contributed by atoms with Gasteiger partial charge in [-0.25, -0.2) is 0 Å². The third-order valence-corrected chi connectivity index (χ3v) is 4.06. The van der Waals surface area contributed by atoms with Gasteiger partial charge in [-0.1, -0.05) is 77.6 Å². The summed E-state index contributed by atoms with van der Waals surface area (Å²) in [6.45, 7) is 2.25. The average molecular weight is 389 g/mol. The van der Waals surface area contributed by atoms with E-state index in [1.165, 1.54) is 76.9 Å². The first kappa shape index (κ1) is 31.4. The maximum Gasteiger partial charge on any atom is 1.00 e. The van der Waals surface area contributed by atoms with Crippen molar-refractivity contribution in [1.82, 2.24) is 0 Å². The van der Waals surface area contributed by atoms with E-state index in [1.54, 1.807) is 0 Å². The molecule has 0 heterocycles. The normalized spacial score (nSPS) is 10.2. The third kappa shape index (κ3) is 26.9. The summed E-state index contributed by atoms with van der Waals surface area (Å²) in [7, 11) is 0. The van der Waals surface area contributed by atoms with Crippen molar-refractivity contribution in [2.24, 2.45) is 0 Å². The molecule has 1 N–H and O–H groups in total. The van der Waals surface area contributed by atoms with Crippen molar-refractivity contribution < 1.29 is 81.4 Å². The molecule has 0 aromatic rings. The summed E-state index contributed by atoms with van der Waals surface area (Å²) in [6, 6.07) is 0. The largest absolute Gasteiger partial charge is 1.00 e. The van der Waals surface area contributed by atoms with Gasteiger partial charge >= 0.3 is 71.1 Å². The second-order valence-electron chi connectivity index (χ2n) is 6.43. The van der Waals surface area contributed by atoms with Gasteiger partial charge in [0.15, 0.2) is 0 Å². The second-order valence-corrected chi connectivity index (χ2v) is 6.43. The molecule has 0 rings (SSSR count). The molecule has 0 aromatic carbocycles. The molecule has 0 fully saturated rings. The molecule has 0 saturated heterocycles. The number of carboxylic acids is 1. The van der Waals surface area contributed by atoms with Crippen LogP contribution in [0.2, 0.25) is 0 Å². The van der Waals surface area contributed by atoms with Gasteiger partial charge in [-0.2, -0.15) is 0 Å². The fourth-order valence-electron chi connectivity index (χ4n) is 2.56. The molecule has 4 nitrogen and oxygen atoms in total. The van der Waals surface area contributed by atoms with Gasteiger partial charge < -0.3 is 12.7 Å². The Hall–Kier alpha value is 0.680. The summed E-state index contributed by atoms with van der Waals surface area (Å²) < 4.78 is 4.82. The number of ether oxygens (including phenoxy) is 1. The maximum atomic E-state index is 11.1. The Morgan fingerprint density at radius 3 is 1.73 bits per heavy atom. The van der Waals surface area contributed by atoms with E-state index in [9.17, 15) is 9.59 Å². The molecule has 26 heavy (non-hydrogen) atoms. The number of allylic oxidation sites excluding steroid dienone is 1. The average Bonchev–Trinajstić information content (AvgIpc) is 2.56. The van der Waals surface area contributed by atoms with Crippen LogP contribution in [-0.2, 0) is 14.3 Å². The number of carboxylic acid groups (broad SMARTS) is 1. The Bertz CT molecular complexity index is 357. The van der Waals surface area contributed by atoms with E-state index in [0.717, 1.165) is 12.8 Å². The predicted octanol–water partition coefficient (Wildman–Crippen LogP) is 0.232. The number of carbonyl (C=O) groups excluding carboxylic acids is 1. The molecule has 0 atom stereocenters. The van der Waals surface area contributed by atoms with Crippen LogP contribution < -0.4 is 59.1 Å². The summed E-state index contributed by atoms with van der Waals surface area (Å²) in [4.78, 5) is 21.4. The minimum Gasteiger partial charge on any atom is -1.00 e. The molecule has 0 bridgehead atoms. The molecule has 0 aliphatic carbocycles. The van der Waals surface area contributed by atoms with Crippen LogP contribution in [0.15, 0.2) is 12.3 Å². The summed E-state index contributed by atoms with van der Waals surface area (Å²) in [5, 5.41) is 8.44. The first-order chi connectivity index (χ1) is 11.7. The van der Waals surface area contributed by atoms with E-state index in [-0.39, 0.29) is 74.8 Å². The number of rotatable bonds is 17. The standard InChI is InChI=1S/C20H36O4.2Na.2H/c1-2-3-4-5-6-7-8-9-10-11-12-13-14-15-18-24-20(23)17-16-19(21)22;;;;/h15,18H,2-14,16-17H2,1H3,(H,21,22);;;;/q;2*+1;2*-1/b18-15+;;;;. The van der Waals surface area contributed by atoms with Crippen LogP contribution in [-0.4, -0.2) is 17.0 Å². The first-order valence-electron chi connectivity index (χ1n) is 9.73. The van der Waals surface area contributed by atoms with Gasteiger partial charge in [0.05, 0.1) is 19.1 Å². The first-order valence-corrected chi connectivity index (χ1v) is 9.73. The van der Waals surface area contributed by atoms with Crippen LogP contribution in [0.4, 0.5) is 0 Å². The Kier molecular flexibility index (Phi) is 31.0. The summed E-state index contributed by atoms with van der Waals surface area (Å²) in [5.41, 5.74) is 0. The topological polar surface area (TPSA) is 63.6 Å². The van der Waals surface area contributed by atoms with Crippen molar-refractivity contribution in [3.63, 3.8) is 0 Å². The number of esters is 1. The summed E-state index contributed by atoms with van der Waals surface area (Å²) in [5.74, 6) is -1.46. The zero-order valence-corrected chi connectivity index (χ0v) is 21.4. The zero-order chi connectivity index (χ0) is 17.9. The van der Waals surface area contributed by atoms with Gasteiger partial charge in [-0.05, 0) is 18.9 Å². The number of hydrogen-bond donors (Lipinski definition) is 1. The van der Waals surface area contributed by atoms with Crippen LogP contribution >= 0.6 is 0 Å². The van der Waals surface area contributed by atoms with Crippen molar-refractivity contribution in [2.45, 2.75) is 103 Å². The van der Waals surface area contributed by atoms with E-state index in [0.29, 0.717) is 0 Å². The van der Waals surface area contributed by atoms with Crippen LogP contribution in [0, 0.1) is 0 Å². The minimum atomic E-state index is -0.979. The molecular weight excluding hydrogens is 350 g/mol. The molecule has 0 aromatic heterocycles. The molecule has 0 aliphatic rings. The molecule has 0 spiro atoms. The summed E-state index contributed by atoms with van der Waals surface area (Å²) >= 11 is 0. The van der Waals surface area contributed by atoms with Crippen LogP contribution in [0.25, 0.3) is 0 Å². The van der Waals surface area contributed by atoms with Gasteiger partial charge in [0, 0.05) is 0 Å². The Balaban J connectivity index is -0.000000441. The van der Waals surface area contributed by atoms with Gasteiger partial charge in [0.2, 0.25) is 0 Å². The number of hydrogen-bond acceptors (Lipinski definition) is 3. The van der Waals surface area contributed by atoms with Gasteiger partial charge in [-0.3, -0.25) is 9.59 Å². The Labute approximate surface area is 207 Å². The number of carbonyl (C=O) groups is 2.